The van der Waals surface area contributed by atoms with Crippen LogP contribution in [0.3, 0.4) is 0 Å². The summed E-state index contributed by atoms with van der Waals surface area (Å²) >= 11 is 0. The summed E-state index contributed by atoms with van der Waals surface area (Å²) in [4.78, 5) is 0. The van der Waals surface area contributed by atoms with E-state index in [1.54, 1.807) is 0 Å². The second-order valence-corrected chi connectivity index (χ2v) is 6.68. The highest BCUT2D eigenvalue weighted by Crippen LogP contribution is 2.25. The molecule has 0 aromatic heterocycles. The lowest BCUT2D eigenvalue weighted by Crippen LogP contribution is -2.06. The van der Waals surface area contributed by atoms with Crippen LogP contribution in [-0.4, -0.2) is 0 Å². The van der Waals surface area contributed by atoms with Gasteiger partial charge in [-0.05, 0) is 23.7 Å². The Balaban J connectivity index is 3.28. The van der Waals surface area contributed by atoms with Gasteiger partial charge in [-0.25, -0.2) is 0 Å². The first-order valence-electron chi connectivity index (χ1n) is 5.71. The predicted molar refractivity (Wildman–Crippen MR) is 62.0 cm³/mol. The first-order valence-corrected chi connectivity index (χ1v) is 5.71. The highest BCUT2D eigenvalue weighted by molar-refractivity contribution is 4.64. The quantitative estimate of drug-likeness (QED) is 0.538. The zero-order chi connectivity index (χ0) is 10.5. The molecule has 0 aliphatic rings. The monoisotopic (exact) mass is 184 g/mol. The number of hydrogen-bond acceptors (Lipinski definition) is 0. The molecule has 0 heterocycles. The second kappa shape index (κ2) is 5.02. The molecule has 0 N–H and O–H groups in total. The molecule has 0 amide bonds. The number of rotatable bonds is 4. The predicted octanol–water partition coefficient (Wildman–Crippen LogP) is 5.03. The first-order chi connectivity index (χ1) is 5.71. The summed E-state index contributed by atoms with van der Waals surface area (Å²) in [6.07, 6.45) is 6.96. The van der Waals surface area contributed by atoms with Crippen molar-refractivity contribution in [3.8, 4) is 0 Å². The lowest BCUT2D eigenvalue weighted by Gasteiger charge is -2.20. The Hall–Kier alpha value is 0. The molecule has 0 nitrogen and oxygen atoms in total. The van der Waals surface area contributed by atoms with E-state index in [-0.39, 0.29) is 0 Å². The third kappa shape index (κ3) is 12.0. The average Bonchev–Trinajstić information content (AvgIpc) is 1.81. The topological polar surface area (TPSA) is 0 Å². The van der Waals surface area contributed by atoms with E-state index >= 15 is 0 Å². The standard InChI is InChI=1S/C13H28/c1-12(2,3)10-8-7-9-11-13(4,5)6/h7-11H2,1-6H3. The van der Waals surface area contributed by atoms with Crippen molar-refractivity contribution in [3.05, 3.63) is 0 Å². The molecule has 0 aliphatic carbocycles. The smallest absolute Gasteiger partial charge is 0.0383 e. The fourth-order valence-corrected chi connectivity index (χ4v) is 1.49. The summed E-state index contributed by atoms with van der Waals surface area (Å²) in [5.41, 5.74) is 1.06. The Morgan fingerprint density at radius 1 is 0.538 bits per heavy atom. The molecular formula is C13H28. The van der Waals surface area contributed by atoms with Gasteiger partial charge in [-0.1, -0.05) is 60.8 Å². The van der Waals surface area contributed by atoms with Crippen molar-refractivity contribution < 1.29 is 0 Å². The summed E-state index contributed by atoms with van der Waals surface area (Å²) < 4.78 is 0. The number of hydrogen-bond donors (Lipinski definition) is 0. The van der Waals surface area contributed by atoms with Crippen LogP contribution in [0.25, 0.3) is 0 Å². The Kier molecular flexibility index (Phi) is 5.02. The highest BCUT2D eigenvalue weighted by atomic mass is 14.2. The van der Waals surface area contributed by atoms with E-state index in [0.717, 1.165) is 0 Å². The van der Waals surface area contributed by atoms with Crippen molar-refractivity contribution in [3.63, 3.8) is 0 Å². The summed E-state index contributed by atoms with van der Waals surface area (Å²) in [5.74, 6) is 0. The Bertz CT molecular complexity index is 104. The van der Waals surface area contributed by atoms with E-state index in [2.05, 4.69) is 41.5 Å². The minimum absolute atomic E-state index is 0.529. The van der Waals surface area contributed by atoms with Crippen LogP contribution in [0.5, 0.6) is 0 Å². The van der Waals surface area contributed by atoms with Crippen molar-refractivity contribution in [2.24, 2.45) is 10.8 Å². The van der Waals surface area contributed by atoms with Gasteiger partial charge in [-0.3, -0.25) is 0 Å². The minimum atomic E-state index is 0.529. The molecule has 0 rings (SSSR count). The van der Waals surface area contributed by atoms with Crippen LogP contribution in [0, 0.1) is 10.8 Å². The molecule has 0 saturated heterocycles. The SMILES string of the molecule is CC(C)(C)CCCCCC(C)(C)C. The molecule has 0 aromatic carbocycles. The van der Waals surface area contributed by atoms with Crippen molar-refractivity contribution in [1.29, 1.82) is 0 Å². The minimum Gasteiger partial charge on any atom is -0.0602 e. The lowest BCUT2D eigenvalue weighted by atomic mass is 9.86. The Morgan fingerprint density at radius 3 is 1.08 bits per heavy atom. The van der Waals surface area contributed by atoms with Gasteiger partial charge in [-0.15, -0.1) is 0 Å². The van der Waals surface area contributed by atoms with Crippen LogP contribution in [-0.2, 0) is 0 Å². The van der Waals surface area contributed by atoms with Crippen LogP contribution in [0.1, 0.15) is 73.6 Å². The third-order valence-corrected chi connectivity index (χ3v) is 2.35. The van der Waals surface area contributed by atoms with Gasteiger partial charge in [0.25, 0.3) is 0 Å². The van der Waals surface area contributed by atoms with E-state index < -0.39 is 0 Å². The van der Waals surface area contributed by atoms with Crippen LogP contribution in [0.2, 0.25) is 0 Å². The van der Waals surface area contributed by atoms with Crippen molar-refractivity contribution >= 4 is 0 Å². The summed E-state index contributed by atoms with van der Waals surface area (Å²) in [5, 5.41) is 0. The van der Waals surface area contributed by atoms with E-state index in [9.17, 15) is 0 Å². The van der Waals surface area contributed by atoms with Gasteiger partial charge in [0.15, 0.2) is 0 Å². The average molecular weight is 184 g/mol. The zero-order valence-electron chi connectivity index (χ0n) is 10.5. The molecule has 0 aliphatic heterocycles. The number of unbranched alkanes of at least 4 members (excludes halogenated alkanes) is 2. The van der Waals surface area contributed by atoms with Crippen LogP contribution in [0.15, 0.2) is 0 Å². The molecule has 13 heavy (non-hydrogen) atoms. The molecule has 0 radical (unpaired) electrons. The molecule has 0 spiro atoms. The van der Waals surface area contributed by atoms with Crippen molar-refractivity contribution in [2.45, 2.75) is 73.6 Å². The molecule has 0 fully saturated rings. The molecule has 0 heteroatoms. The van der Waals surface area contributed by atoms with E-state index in [4.69, 9.17) is 0 Å². The van der Waals surface area contributed by atoms with Crippen molar-refractivity contribution in [2.75, 3.05) is 0 Å². The van der Waals surface area contributed by atoms with E-state index in [1.165, 1.54) is 32.1 Å². The van der Waals surface area contributed by atoms with Crippen LogP contribution < -0.4 is 0 Å². The van der Waals surface area contributed by atoms with Gasteiger partial charge in [0.05, 0.1) is 0 Å². The zero-order valence-corrected chi connectivity index (χ0v) is 10.5. The maximum absolute atomic E-state index is 2.33. The van der Waals surface area contributed by atoms with Gasteiger partial charge in [0, 0.05) is 0 Å². The van der Waals surface area contributed by atoms with Crippen LogP contribution >= 0.6 is 0 Å². The molecule has 0 atom stereocenters. The van der Waals surface area contributed by atoms with Gasteiger partial charge in [0.1, 0.15) is 0 Å². The summed E-state index contributed by atoms with van der Waals surface area (Å²) in [7, 11) is 0. The first kappa shape index (κ1) is 13.0. The summed E-state index contributed by atoms with van der Waals surface area (Å²) in [6, 6.07) is 0. The van der Waals surface area contributed by atoms with Crippen LogP contribution in [0.4, 0.5) is 0 Å². The maximum Gasteiger partial charge on any atom is -0.0383 e. The lowest BCUT2D eigenvalue weighted by molar-refractivity contribution is 0.330. The fraction of sp³-hybridized carbons (Fsp3) is 1.00. The maximum atomic E-state index is 2.33. The molecule has 0 saturated carbocycles. The normalized spacial score (nSPS) is 13.4. The second-order valence-electron chi connectivity index (χ2n) is 6.68. The van der Waals surface area contributed by atoms with E-state index in [0.29, 0.717) is 10.8 Å². The highest BCUT2D eigenvalue weighted by Gasteiger charge is 2.11. The third-order valence-electron chi connectivity index (χ3n) is 2.35. The molecule has 0 bridgehead atoms. The van der Waals surface area contributed by atoms with Crippen molar-refractivity contribution in [1.82, 2.24) is 0 Å². The molecule has 80 valence electrons. The molecule has 0 unspecified atom stereocenters. The molecular weight excluding hydrogens is 156 g/mol. The van der Waals surface area contributed by atoms with E-state index in [1.807, 2.05) is 0 Å². The van der Waals surface area contributed by atoms with Gasteiger partial charge < -0.3 is 0 Å². The van der Waals surface area contributed by atoms with Gasteiger partial charge in [-0.2, -0.15) is 0 Å². The largest absolute Gasteiger partial charge is 0.0602 e. The van der Waals surface area contributed by atoms with Gasteiger partial charge in [0.2, 0.25) is 0 Å². The molecule has 0 aromatic rings. The fourth-order valence-electron chi connectivity index (χ4n) is 1.49. The Morgan fingerprint density at radius 2 is 0.846 bits per heavy atom. The van der Waals surface area contributed by atoms with Gasteiger partial charge >= 0.3 is 0 Å². The Labute approximate surface area is 85.1 Å². The summed E-state index contributed by atoms with van der Waals surface area (Å²) in [6.45, 7) is 14.0.